The van der Waals surface area contributed by atoms with Gasteiger partial charge in [-0.3, -0.25) is 4.79 Å². The van der Waals surface area contributed by atoms with E-state index in [1.54, 1.807) is 17.9 Å². The summed E-state index contributed by atoms with van der Waals surface area (Å²) >= 11 is 0. The van der Waals surface area contributed by atoms with Gasteiger partial charge in [0.1, 0.15) is 0 Å². The Hall–Kier alpha value is -1.09. The molecular formula is C11H17NO2. The van der Waals surface area contributed by atoms with E-state index in [1.807, 2.05) is 26.0 Å². The summed E-state index contributed by atoms with van der Waals surface area (Å²) in [5, 5.41) is 0. The molecule has 1 rings (SSSR count). The van der Waals surface area contributed by atoms with Crippen molar-refractivity contribution in [2.24, 2.45) is 0 Å². The average Bonchev–Trinajstić information content (AvgIpc) is 2.16. The van der Waals surface area contributed by atoms with Crippen LogP contribution in [-0.2, 0) is 11.3 Å². The van der Waals surface area contributed by atoms with E-state index in [0.29, 0.717) is 13.2 Å². The molecule has 0 atom stereocenters. The first kappa shape index (κ1) is 11.0. The van der Waals surface area contributed by atoms with Gasteiger partial charge in [-0.05, 0) is 12.0 Å². The third kappa shape index (κ3) is 2.45. The predicted octanol–water partition coefficient (Wildman–Crippen LogP) is 1.62. The standard InChI is InChI=1S/C11H17NO2/c1-9(2)10-5-4-6-12(11(10)13)7-8-14-3/h4-6,9H,7-8H2,1-3H3. The summed E-state index contributed by atoms with van der Waals surface area (Å²) in [5.41, 5.74) is 0.961. The van der Waals surface area contributed by atoms with Crippen molar-refractivity contribution in [2.45, 2.75) is 26.3 Å². The van der Waals surface area contributed by atoms with Crippen molar-refractivity contribution in [3.05, 3.63) is 34.2 Å². The maximum Gasteiger partial charge on any atom is 0.254 e. The van der Waals surface area contributed by atoms with Gasteiger partial charge in [0.25, 0.3) is 5.56 Å². The SMILES string of the molecule is COCCn1cccc(C(C)C)c1=O. The molecule has 1 aromatic rings. The van der Waals surface area contributed by atoms with Crippen LogP contribution < -0.4 is 5.56 Å². The van der Waals surface area contributed by atoms with E-state index in [-0.39, 0.29) is 11.5 Å². The molecule has 0 aromatic carbocycles. The van der Waals surface area contributed by atoms with Crippen LogP contribution in [0.3, 0.4) is 0 Å². The second kappa shape index (κ2) is 4.96. The van der Waals surface area contributed by atoms with Gasteiger partial charge < -0.3 is 9.30 Å². The van der Waals surface area contributed by atoms with Gasteiger partial charge in [-0.1, -0.05) is 19.9 Å². The third-order valence-electron chi connectivity index (χ3n) is 2.21. The van der Waals surface area contributed by atoms with E-state index < -0.39 is 0 Å². The van der Waals surface area contributed by atoms with Gasteiger partial charge in [0, 0.05) is 25.4 Å². The molecule has 0 saturated carbocycles. The van der Waals surface area contributed by atoms with Crippen LogP contribution in [0.1, 0.15) is 25.3 Å². The minimum absolute atomic E-state index is 0.0968. The van der Waals surface area contributed by atoms with E-state index in [2.05, 4.69) is 0 Å². The summed E-state index contributed by atoms with van der Waals surface area (Å²) in [6.45, 7) is 5.24. The smallest absolute Gasteiger partial charge is 0.254 e. The largest absolute Gasteiger partial charge is 0.383 e. The Labute approximate surface area is 84.3 Å². The van der Waals surface area contributed by atoms with Crippen molar-refractivity contribution in [2.75, 3.05) is 13.7 Å². The highest BCUT2D eigenvalue weighted by Crippen LogP contribution is 2.07. The van der Waals surface area contributed by atoms with E-state index in [1.165, 1.54) is 0 Å². The van der Waals surface area contributed by atoms with Gasteiger partial charge in [0.05, 0.1) is 6.61 Å². The molecule has 0 aliphatic heterocycles. The molecule has 14 heavy (non-hydrogen) atoms. The van der Waals surface area contributed by atoms with Gasteiger partial charge in [-0.15, -0.1) is 0 Å². The number of nitrogens with zero attached hydrogens (tertiary/aromatic N) is 1. The summed E-state index contributed by atoms with van der Waals surface area (Å²) in [5.74, 6) is 0.275. The zero-order valence-electron chi connectivity index (χ0n) is 8.99. The average molecular weight is 195 g/mol. The second-order valence-corrected chi connectivity index (χ2v) is 3.61. The highest BCUT2D eigenvalue weighted by atomic mass is 16.5. The molecule has 0 saturated heterocycles. The normalized spacial score (nSPS) is 10.9. The summed E-state index contributed by atoms with van der Waals surface area (Å²) in [6.07, 6.45) is 1.80. The van der Waals surface area contributed by atoms with Crippen molar-refractivity contribution < 1.29 is 4.74 Å². The second-order valence-electron chi connectivity index (χ2n) is 3.61. The molecule has 1 aromatic heterocycles. The summed E-state index contributed by atoms with van der Waals surface area (Å²) in [7, 11) is 1.64. The monoisotopic (exact) mass is 195 g/mol. The van der Waals surface area contributed by atoms with Crippen LogP contribution in [0.4, 0.5) is 0 Å². The van der Waals surface area contributed by atoms with Gasteiger partial charge >= 0.3 is 0 Å². The van der Waals surface area contributed by atoms with E-state index >= 15 is 0 Å². The molecular weight excluding hydrogens is 178 g/mol. The van der Waals surface area contributed by atoms with Gasteiger partial charge in [0.15, 0.2) is 0 Å². The molecule has 0 aliphatic rings. The van der Waals surface area contributed by atoms with Gasteiger partial charge in [0.2, 0.25) is 0 Å². The lowest BCUT2D eigenvalue weighted by Gasteiger charge is -2.09. The summed E-state index contributed by atoms with van der Waals surface area (Å²) < 4.78 is 6.63. The van der Waals surface area contributed by atoms with Crippen molar-refractivity contribution >= 4 is 0 Å². The lowest BCUT2D eigenvalue weighted by atomic mass is 10.1. The number of ether oxygens (including phenoxy) is 1. The van der Waals surface area contributed by atoms with Crippen LogP contribution >= 0.6 is 0 Å². The van der Waals surface area contributed by atoms with Crippen LogP contribution in [0.15, 0.2) is 23.1 Å². The molecule has 0 amide bonds. The van der Waals surface area contributed by atoms with Crippen LogP contribution in [0.5, 0.6) is 0 Å². The number of pyridine rings is 1. The maximum absolute atomic E-state index is 11.8. The Morgan fingerprint density at radius 2 is 2.21 bits per heavy atom. The molecule has 0 unspecified atom stereocenters. The van der Waals surface area contributed by atoms with Crippen molar-refractivity contribution in [1.29, 1.82) is 0 Å². The zero-order chi connectivity index (χ0) is 10.6. The molecule has 3 heteroatoms. The zero-order valence-corrected chi connectivity index (χ0v) is 8.99. The number of rotatable bonds is 4. The minimum Gasteiger partial charge on any atom is -0.383 e. The maximum atomic E-state index is 11.8. The fourth-order valence-electron chi connectivity index (χ4n) is 1.36. The van der Waals surface area contributed by atoms with E-state index in [0.717, 1.165) is 5.56 Å². The Balaban J connectivity index is 2.96. The number of aromatic nitrogens is 1. The molecule has 1 heterocycles. The van der Waals surface area contributed by atoms with Gasteiger partial charge in [-0.25, -0.2) is 0 Å². The predicted molar refractivity (Wildman–Crippen MR) is 56.7 cm³/mol. The third-order valence-corrected chi connectivity index (χ3v) is 2.21. The summed E-state index contributed by atoms with van der Waals surface area (Å²) in [4.78, 5) is 11.8. The van der Waals surface area contributed by atoms with Crippen LogP contribution in [-0.4, -0.2) is 18.3 Å². The van der Waals surface area contributed by atoms with Crippen LogP contribution in [0.2, 0.25) is 0 Å². The quantitative estimate of drug-likeness (QED) is 0.731. The Kier molecular flexibility index (Phi) is 3.89. The lowest BCUT2D eigenvalue weighted by Crippen LogP contribution is -2.25. The molecule has 0 fully saturated rings. The highest BCUT2D eigenvalue weighted by molar-refractivity contribution is 5.14. The van der Waals surface area contributed by atoms with Crippen molar-refractivity contribution in [1.82, 2.24) is 4.57 Å². The molecule has 0 radical (unpaired) electrons. The molecule has 0 bridgehead atoms. The first-order valence-electron chi connectivity index (χ1n) is 4.85. The summed E-state index contributed by atoms with van der Waals surface area (Å²) in [6, 6.07) is 3.79. The molecule has 78 valence electrons. The fourth-order valence-corrected chi connectivity index (χ4v) is 1.36. The number of hydrogen-bond acceptors (Lipinski definition) is 2. The number of hydrogen-bond donors (Lipinski definition) is 0. The van der Waals surface area contributed by atoms with Crippen molar-refractivity contribution in [3.63, 3.8) is 0 Å². The molecule has 0 spiro atoms. The Bertz CT molecular complexity index is 341. The molecule has 0 N–H and O–H groups in total. The van der Waals surface area contributed by atoms with Crippen molar-refractivity contribution in [3.8, 4) is 0 Å². The first-order valence-corrected chi connectivity index (χ1v) is 4.85. The molecule has 0 aliphatic carbocycles. The fraction of sp³-hybridized carbons (Fsp3) is 0.545. The first-order chi connectivity index (χ1) is 6.66. The Morgan fingerprint density at radius 1 is 1.50 bits per heavy atom. The minimum atomic E-state index is 0.0968. The highest BCUT2D eigenvalue weighted by Gasteiger charge is 2.05. The Morgan fingerprint density at radius 3 is 2.79 bits per heavy atom. The van der Waals surface area contributed by atoms with E-state index in [9.17, 15) is 4.79 Å². The lowest BCUT2D eigenvalue weighted by molar-refractivity contribution is 0.186. The van der Waals surface area contributed by atoms with Crippen LogP contribution in [0, 0.1) is 0 Å². The molecule has 3 nitrogen and oxygen atoms in total. The topological polar surface area (TPSA) is 31.2 Å². The van der Waals surface area contributed by atoms with Crippen LogP contribution in [0.25, 0.3) is 0 Å². The number of methoxy groups -OCH3 is 1. The van der Waals surface area contributed by atoms with Gasteiger partial charge in [-0.2, -0.15) is 0 Å². The van der Waals surface area contributed by atoms with E-state index in [4.69, 9.17) is 4.74 Å².